The number of rotatable bonds is 3. The van der Waals surface area contributed by atoms with Crippen LogP contribution in [0.1, 0.15) is 41.0 Å². The summed E-state index contributed by atoms with van der Waals surface area (Å²) in [5.41, 5.74) is 6.91. The molecular weight excluding hydrogens is 242 g/mol. The summed E-state index contributed by atoms with van der Waals surface area (Å²) >= 11 is 0. The van der Waals surface area contributed by atoms with Crippen LogP contribution >= 0.6 is 0 Å². The molecule has 1 N–H and O–H groups in total. The predicted molar refractivity (Wildman–Crippen MR) is 86.5 cm³/mol. The van der Waals surface area contributed by atoms with Crippen LogP contribution < -0.4 is 5.32 Å². The third-order valence-corrected chi connectivity index (χ3v) is 4.43. The Hall–Kier alpha value is -1.76. The molecule has 0 heterocycles. The van der Waals surface area contributed by atoms with E-state index in [9.17, 15) is 0 Å². The van der Waals surface area contributed by atoms with Gasteiger partial charge in [0.05, 0.1) is 0 Å². The second kappa shape index (κ2) is 5.32. The molecule has 3 rings (SSSR count). The zero-order valence-corrected chi connectivity index (χ0v) is 12.6. The molecule has 0 spiro atoms. The van der Waals surface area contributed by atoms with Crippen LogP contribution in [-0.4, -0.2) is 6.04 Å². The normalized spacial score (nSPS) is 21.4. The van der Waals surface area contributed by atoms with Gasteiger partial charge in [0.15, 0.2) is 0 Å². The van der Waals surface area contributed by atoms with E-state index < -0.39 is 0 Å². The van der Waals surface area contributed by atoms with Gasteiger partial charge < -0.3 is 5.32 Å². The zero-order chi connectivity index (χ0) is 14.1. The van der Waals surface area contributed by atoms with Gasteiger partial charge in [0, 0.05) is 11.7 Å². The summed E-state index contributed by atoms with van der Waals surface area (Å²) in [6.07, 6.45) is 2.49. The van der Waals surface area contributed by atoms with E-state index in [-0.39, 0.29) is 0 Å². The van der Waals surface area contributed by atoms with Crippen LogP contribution in [0.15, 0.2) is 42.5 Å². The average Bonchev–Trinajstić information content (AvgIpc) is 2.36. The fraction of sp³-hybridized carbons (Fsp3) is 0.368. The second-order valence-corrected chi connectivity index (χ2v) is 6.19. The summed E-state index contributed by atoms with van der Waals surface area (Å²) in [5.74, 6) is 0.736. The molecular formula is C19H23N. The number of benzene rings is 2. The van der Waals surface area contributed by atoms with Crippen LogP contribution in [0.25, 0.3) is 0 Å². The van der Waals surface area contributed by atoms with Gasteiger partial charge >= 0.3 is 0 Å². The van der Waals surface area contributed by atoms with Crippen molar-refractivity contribution in [1.82, 2.24) is 0 Å². The van der Waals surface area contributed by atoms with E-state index in [2.05, 4.69) is 68.6 Å². The Bertz CT molecular complexity index is 571. The molecule has 104 valence electrons. The topological polar surface area (TPSA) is 12.0 Å². The van der Waals surface area contributed by atoms with Crippen molar-refractivity contribution in [1.29, 1.82) is 0 Å². The van der Waals surface area contributed by atoms with Crippen LogP contribution in [-0.2, 0) is 0 Å². The number of aryl methyl sites for hydroxylation is 3. The van der Waals surface area contributed by atoms with Crippen molar-refractivity contribution in [2.45, 2.75) is 45.6 Å². The first-order valence-electron chi connectivity index (χ1n) is 7.53. The van der Waals surface area contributed by atoms with E-state index in [0.717, 1.165) is 5.92 Å². The first kappa shape index (κ1) is 13.2. The lowest BCUT2D eigenvalue weighted by atomic mass is 9.75. The average molecular weight is 265 g/mol. The van der Waals surface area contributed by atoms with Crippen molar-refractivity contribution < 1.29 is 0 Å². The van der Waals surface area contributed by atoms with Crippen LogP contribution in [0.3, 0.4) is 0 Å². The standard InChI is InChI=1S/C19H23N/c1-13-9-14(2)19(15(3)10-13)20-18-11-17(12-18)16-7-5-4-6-8-16/h4-10,17-18,20H,11-12H2,1-3H3. The molecule has 1 fully saturated rings. The minimum absolute atomic E-state index is 0.625. The van der Waals surface area contributed by atoms with Crippen molar-refractivity contribution in [2.24, 2.45) is 0 Å². The van der Waals surface area contributed by atoms with E-state index in [1.54, 1.807) is 0 Å². The van der Waals surface area contributed by atoms with E-state index >= 15 is 0 Å². The molecule has 0 unspecified atom stereocenters. The molecule has 20 heavy (non-hydrogen) atoms. The van der Waals surface area contributed by atoms with Gasteiger partial charge in [-0.05, 0) is 56.2 Å². The van der Waals surface area contributed by atoms with Crippen molar-refractivity contribution >= 4 is 5.69 Å². The van der Waals surface area contributed by atoms with Crippen LogP contribution in [0.2, 0.25) is 0 Å². The van der Waals surface area contributed by atoms with Gasteiger partial charge in [0.2, 0.25) is 0 Å². The molecule has 0 aromatic heterocycles. The lowest BCUT2D eigenvalue weighted by Crippen LogP contribution is -2.34. The van der Waals surface area contributed by atoms with Gasteiger partial charge in [-0.1, -0.05) is 48.0 Å². The zero-order valence-electron chi connectivity index (χ0n) is 12.6. The SMILES string of the molecule is Cc1cc(C)c(NC2CC(c3ccccc3)C2)c(C)c1. The van der Waals surface area contributed by atoms with Gasteiger partial charge in [-0.3, -0.25) is 0 Å². The first-order chi connectivity index (χ1) is 9.63. The summed E-state index contributed by atoms with van der Waals surface area (Å²) in [5, 5.41) is 3.74. The summed E-state index contributed by atoms with van der Waals surface area (Å²) < 4.78 is 0. The Morgan fingerprint density at radius 1 is 0.900 bits per heavy atom. The van der Waals surface area contributed by atoms with E-state index in [1.165, 1.54) is 40.8 Å². The lowest BCUT2D eigenvalue weighted by Gasteiger charge is -2.37. The molecule has 2 aromatic carbocycles. The monoisotopic (exact) mass is 265 g/mol. The minimum Gasteiger partial charge on any atom is -0.382 e. The molecule has 1 aliphatic carbocycles. The Morgan fingerprint density at radius 3 is 2.10 bits per heavy atom. The largest absolute Gasteiger partial charge is 0.382 e. The minimum atomic E-state index is 0.625. The maximum absolute atomic E-state index is 3.74. The highest BCUT2D eigenvalue weighted by atomic mass is 14.9. The second-order valence-electron chi connectivity index (χ2n) is 6.19. The van der Waals surface area contributed by atoms with Crippen LogP contribution in [0.4, 0.5) is 5.69 Å². The number of anilines is 1. The van der Waals surface area contributed by atoms with Crippen LogP contribution in [0, 0.1) is 20.8 Å². The molecule has 0 aliphatic heterocycles. The lowest BCUT2D eigenvalue weighted by molar-refractivity contribution is 0.374. The Morgan fingerprint density at radius 2 is 1.50 bits per heavy atom. The van der Waals surface area contributed by atoms with Gasteiger partial charge in [0.25, 0.3) is 0 Å². The first-order valence-corrected chi connectivity index (χ1v) is 7.53. The van der Waals surface area contributed by atoms with Crippen LogP contribution in [0.5, 0.6) is 0 Å². The molecule has 0 radical (unpaired) electrons. The Labute approximate surface area is 122 Å². The van der Waals surface area contributed by atoms with Crippen molar-refractivity contribution in [3.8, 4) is 0 Å². The highest BCUT2D eigenvalue weighted by molar-refractivity contribution is 5.59. The highest BCUT2D eigenvalue weighted by Gasteiger charge is 2.30. The molecule has 1 heteroatoms. The van der Waals surface area contributed by atoms with Gasteiger partial charge in [-0.25, -0.2) is 0 Å². The summed E-state index contributed by atoms with van der Waals surface area (Å²) in [6.45, 7) is 6.57. The van der Waals surface area contributed by atoms with Crippen molar-refractivity contribution in [3.05, 3.63) is 64.7 Å². The number of hydrogen-bond acceptors (Lipinski definition) is 1. The molecule has 0 saturated heterocycles. The number of nitrogens with one attached hydrogen (secondary N) is 1. The highest BCUT2D eigenvalue weighted by Crippen LogP contribution is 2.39. The molecule has 1 saturated carbocycles. The fourth-order valence-corrected chi connectivity index (χ4v) is 3.34. The van der Waals surface area contributed by atoms with Gasteiger partial charge in [-0.15, -0.1) is 0 Å². The maximum Gasteiger partial charge on any atom is 0.0401 e. The van der Waals surface area contributed by atoms with E-state index in [4.69, 9.17) is 0 Å². The van der Waals surface area contributed by atoms with E-state index in [1.807, 2.05) is 0 Å². The molecule has 1 aliphatic rings. The Balaban J connectivity index is 1.65. The molecule has 0 atom stereocenters. The quantitative estimate of drug-likeness (QED) is 0.826. The van der Waals surface area contributed by atoms with Gasteiger partial charge in [-0.2, -0.15) is 0 Å². The predicted octanol–water partition coefficient (Wildman–Crippen LogP) is 4.97. The van der Waals surface area contributed by atoms with E-state index in [0.29, 0.717) is 6.04 Å². The molecule has 0 bridgehead atoms. The summed E-state index contributed by atoms with van der Waals surface area (Å²) in [7, 11) is 0. The summed E-state index contributed by atoms with van der Waals surface area (Å²) in [6, 6.07) is 16.0. The third-order valence-electron chi connectivity index (χ3n) is 4.43. The van der Waals surface area contributed by atoms with Crippen molar-refractivity contribution in [3.63, 3.8) is 0 Å². The Kier molecular flexibility index (Phi) is 3.52. The fourth-order valence-electron chi connectivity index (χ4n) is 3.34. The molecule has 1 nitrogen and oxygen atoms in total. The summed E-state index contributed by atoms with van der Waals surface area (Å²) in [4.78, 5) is 0. The maximum atomic E-state index is 3.74. The van der Waals surface area contributed by atoms with Gasteiger partial charge in [0.1, 0.15) is 0 Å². The molecule has 2 aromatic rings. The molecule has 0 amide bonds. The smallest absolute Gasteiger partial charge is 0.0401 e. The number of hydrogen-bond donors (Lipinski definition) is 1. The van der Waals surface area contributed by atoms with Crippen molar-refractivity contribution in [2.75, 3.05) is 5.32 Å². The third kappa shape index (κ3) is 2.58.